The standard InChI is InChI=1S/C15H26N4O/c1-5-9-19(10-6-2)15(20)13-11-14(17-12-16-13)18(7-3)8-4/h11-12H,5-10H2,1-4H3. The summed E-state index contributed by atoms with van der Waals surface area (Å²) < 4.78 is 0. The molecule has 1 amide bonds. The van der Waals surface area contributed by atoms with Crippen molar-refractivity contribution in [3.8, 4) is 0 Å². The summed E-state index contributed by atoms with van der Waals surface area (Å²) in [5.41, 5.74) is 0.490. The molecule has 0 spiro atoms. The van der Waals surface area contributed by atoms with Crippen LogP contribution < -0.4 is 4.90 Å². The van der Waals surface area contributed by atoms with Gasteiger partial charge < -0.3 is 9.80 Å². The van der Waals surface area contributed by atoms with E-state index in [1.54, 1.807) is 6.07 Å². The molecule has 112 valence electrons. The number of carbonyl (C=O) groups is 1. The summed E-state index contributed by atoms with van der Waals surface area (Å²) >= 11 is 0. The van der Waals surface area contributed by atoms with Crippen LogP contribution in [0.3, 0.4) is 0 Å². The van der Waals surface area contributed by atoms with E-state index < -0.39 is 0 Å². The minimum absolute atomic E-state index is 0.00417. The first-order valence-corrected chi connectivity index (χ1v) is 7.54. The van der Waals surface area contributed by atoms with E-state index in [1.165, 1.54) is 6.33 Å². The van der Waals surface area contributed by atoms with Gasteiger partial charge in [-0.1, -0.05) is 13.8 Å². The number of carbonyl (C=O) groups excluding carboxylic acids is 1. The fourth-order valence-electron chi connectivity index (χ4n) is 2.20. The lowest BCUT2D eigenvalue weighted by atomic mass is 10.3. The highest BCUT2D eigenvalue weighted by molar-refractivity contribution is 5.92. The van der Waals surface area contributed by atoms with Crippen LogP contribution in [-0.4, -0.2) is 47.0 Å². The van der Waals surface area contributed by atoms with Gasteiger partial charge in [0.2, 0.25) is 0 Å². The molecule has 5 heteroatoms. The summed E-state index contributed by atoms with van der Waals surface area (Å²) in [6.07, 6.45) is 3.40. The fourth-order valence-corrected chi connectivity index (χ4v) is 2.20. The average molecular weight is 278 g/mol. The number of amides is 1. The topological polar surface area (TPSA) is 49.3 Å². The zero-order chi connectivity index (χ0) is 15.0. The van der Waals surface area contributed by atoms with Crippen LogP contribution in [-0.2, 0) is 0 Å². The van der Waals surface area contributed by atoms with Crippen molar-refractivity contribution < 1.29 is 4.79 Å². The number of hydrogen-bond acceptors (Lipinski definition) is 4. The SMILES string of the molecule is CCCN(CCC)C(=O)c1cc(N(CC)CC)ncn1. The highest BCUT2D eigenvalue weighted by Gasteiger charge is 2.17. The van der Waals surface area contributed by atoms with E-state index in [0.717, 1.165) is 44.8 Å². The second-order valence-corrected chi connectivity index (χ2v) is 4.73. The number of rotatable bonds is 8. The lowest BCUT2D eigenvalue weighted by Crippen LogP contribution is -2.33. The van der Waals surface area contributed by atoms with Gasteiger partial charge in [-0.05, 0) is 26.7 Å². The van der Waals surface area contributed by atoms with Crippen molar-refractivity contribution in [2.45, 2.75) is 40.5 Å². The van der Waals surface area contributed by atoms with Crippen molar-refractivity contribution in [1.82, 2.24) is 14.9 Å². The second kappa shape index (κ2) is 8.51. The fraction of sp³-hybridized carbons (Fsp3) is 0.667. The van der Waals surface area contributed by atoms with Gasteiger partial charge in [0.05, 0.1) is 0 Å². The van der Waals surface area contributed by atoms with Gasteiger partial charge in [0.15, 0.2) is 0 Å². The van der Waals surface area contributed by atoms with E-state index in [1.807, 2.05) is 4.90 Å². The molecule has 0 aromatic carbocycles. The number of nitrogens with zero attached hydrogens (tertiary/aromatic N) is 4. The van der Waals surface area contributed by atoms with Crippen LogP contribution in [0.4, 0.5) is 5.82 Å². The van der Waals surface area contributed by atoms with Gasteiger partial charge >= 0.3 is 0 Å². The highest BCUT2D eigenvalue weighted by Crippen LogP contribution is 2.12. The molecule has 0 atom stereocenters. The molecule has 0 radical (unpaired) electrons. The zero-order valence-corrected chi connectivity index (χ0v) is 13.1. The molecule has 0 aliphatic carbocycles. The summed E-state index contributed by atoms with van der Waals surface area (Å²) in [4.78, 5) is 24.9. The van der Waals surface area contributed by atoms with Crippen LogP contribution >= 0.6 is 0 Å². The van der Waals surface area contributed by atoms with Gasteiger partial charge in [-0.2, -0.15) is 0 Å². The van der Waals surface area contributed by atoms with Crippen LogP contribution in [0.25, 0.3) is 0 Å². The Kier molecular flexibility index (Phi) is 6.98. The number of anilines is 1. The lowest BCUT2D eigenvalue weighted by Gasteiger charge is -2.23. The monoisotopic (exact) mass is 278 g/mol. The molecular formula is C15H26N4O. The van der Waals surface area contributed by atoms with Gasteiger partial charge in [-0.3, -0.25) is 4.79 Å². The molecule has 1 aromatic rings. The molecule has 1 heterocycles. The van der Waals surface area contributed by atoms with Crippen LogP contribution in [0.2, 0.25) is 0 Å². The van der Waals surface area contributed by atoms with Gasteiger partial charge in [0.1, 0.15) is 17.8 Å². The Hall–Kier alpha value is -1.65. The summed E-state index contributed by atoms with van der Waals surface area (Å²) in [7, 11) is 0. The van der Waals surface area contributed by atoms with E-state index in [9.17, 15) is 4.79 Å². The third-order valence-corrected chi connectivity index (χ3v) is 3.23. The van der Waals surface area contributed by atoms with Gasteiger partial charge in [0.25, 0.3) is 5.91 Å². The van der Waals surface area contributed by atoms with Gasteiger partial charge in [-0.15, -0.1) is 0 Å². The normalized spacial score (nSPS) is 10.4. The van der Waals surface area contributed by atoms with Gasteiger partial charge in [-0.25, -0.2) is 9.97 Å². The Morgan fingerprint density at radius 3 is 2.15 bits per heavy atom. The van der Waals surface area contributed by atoms with Crippen LogP contribution in [0.5, 0.6) is 0 Å². The minimum Gasteiger partial charge on any atom is -0.357 e. The Morgan fingerprint density at radius 1 is 1.05 bits per heavy atom. The molecule has 0 aliphatic rings. The van der Waals surface area contributed by atoms with E-state index in [2.05, 4.69) is 42.6 Å². The molecule has 0 bridgehead atoms. The third-order valence-electron chi connectivity index (χ3n) is 3.23. The molecule has 0 N–H and O–H groups in total. The first-order chi connectivity index (χ1) is 9.67. The number of hydrogen-bond donors (Lipinski definition) is 0. The van der Waals surface area contributed by atoms with Crippen molar-refractivity contribution in [1.29, 1.82) is 0 Å². The highest BCUT2D eigenvalue weighted by atomic mass is 16.2. The predicted molar refractivity (Wildman–Crippen MR) is 82.1 cm³/mol. The molecule has 1 rings (SSSR count). The molecular weight excluding hydrogens is 252 g/mol. The van der Waals surface area contributed by atoms with Crippen LogP contribution in [0.1, 0.15) is 51.0 Å². The molecule has 0 aliphatic heterocycles. The molecule has 20 heavy (non-hydrogen) atoms. The Balaban J connectivity index is 2.94. The molecule has 0 saturated carbocycles. The Labute approximate surface area is 122 Å². The molecule has 1 aromatic heterocycles. The molecule has 0 saturated heterocycles. The van der Waals surface area contributed by atoms with Crippen molar-refractivity contribution in [2.24, 2.45) is 0 Å². The quantitative estimate of drug-likeness (QED) is 0.733. The van der Waals surface area contributed by atoms with Crippen LogP contribution in [0.15, 0.2) is 12.4 Å². The predicted octanol–water partition coefficient (Wildman–Crippen LogP) is 2.59. The van der Waals surface area contributed by atoms with Crippen molar-refractivity contribution in [3.05, 3.63) is 18.1 Å². The summed E-state index contributed by atoms with van der Waals surface area (Å²) in [6, 6.07) is 1.80. The van der Waals surface area contributed by atoms with E-state index in [4.69, 9.17) is 0 Å². The summed E-state index contributed by atoms with van der Waals surface area (Å²) in [6.45, 7) is 11.6. The maximum atomic E-state index is 12.5. The minimum atomic E-state index is 0.00417. The Bertz CT molecular complexity index is 412. The Morgan fingerprint density at radius 2 is 1.65 bits per heavy atom. The average Bonchev–Trinajstić information content (AvgIpc) is 2.48. The molecule has 5 nitrogen and oxygen atoms in total. The third kappa shape index (κ3) is 4.18. The first kappa shape index (κ1) is 16.4. The van der Waals surface area contributed by atoms with E-state index in [-0.39, 0.29) is 5.91 Å². The summed E-state index contributed by atoms with van der Waals surface area (Å²) in [5.74, 6) is 0.825. The van der Waals surface area contributed by atoms with Crippen LogP contribution in [0, 0.1) is 0 Å². The van der Waals surface area contributed by atoms with Gasteiger partial charge in [0, 0.05) is 32.2 Å². The van der Waals surface area contributed by atoms with E-state index >= 15 is 0 Å². The van der Waals surface area contributed by atoms with Crippen molar-refractivity contribution >= 4 is 11.7 Å². The molecule has 0 unspecified atom stereocenters. The van der Waals surface area contributed by atoms with E-state index in [0.29, 0.717) is 5.69 Å². The zero-order valence-electron chi connectivity index (χ0n) is 13.1. The maximum Gasteiger partial charge on any atom is 0.272 e. The maximum absolute atomic E-state index is 12.5. The number of aromatic nitrogens is 2. The smallest absolute Gasteiger partial charge is 0.272 e. The first-order valence-electron chi connectivity index (χ1n) is 7.54. The molecule has 0 fully saturated rings. The second-order valence-electron chi connectivity index (χ2n) is 4.73. The lowest BCUT2D eigenvalue weighted by molar-refractivity contribution is 0.0749. The largest absolute Gasteiger partial charge is 0.357 e. The van der Waals surface area contributed by atoms with Crippen molar-refractivity contribution in [3.63, 3.8) is 0 Å². The van der Waals surface area contributed by atoms with Crippen molar-refractivity contribution in [2.75, 3.05) is 31.1 Å². The summed E-state index contributed by atoms with van der Waals surface area (Å²) in [5, 5.41) is 0.